The number of amides is 1. The predicted octanol–water partition coefficient (Wildman–Crippen LogP) is 2.61. The Balaban J connectivity index is 1.74. The molecule has 2 aromatic rings. The standard InChI is InChI=1S/C17H19NO4/c1-11-4-5-14-13(10-22-15(14)7-11)8-16(19)18-6-2-3-12(9-18)17(20)21/h4-5,7,10,12H,2-3,6,8-9H2,1H3,(H,20,21)/t12-/m0/s1. The van der Waals surface area contributed by atoms with Gasteiger partial charge in [0, 0.05) is 24.0 Å². The Morgan fingerprint density at radius 3 is 3.00 bits per heavy atom. The van der Waals surface area contributed by atoms with Gasteiger partial charge in [-0.2, -0.15) is 0 Å². The van der Waals surface area contributed by atoms with Crippen LogP contribution in [0.3, 0.4) is 0 Å². The van der Waals surface area contributed by atoms with Gasteiger partial charge in [-0.25, -0.2) is 0 Å². The smallest absolute Gasteiger partial charge is 0.308 e. The van der Waals surface area contributed by atoms with Gasteiger partial charge in [0.15, 0.2) is 0 Å². The van der Waals surface area contributed by atoms with Gasteiger partial charge >= 0.3 is 5.97 Å². The van der Waals surface area contributed by atoms with E-state index >= 15 is 0 Å². The lowest BCUT2D eigenvalue weighted by Crippen LogP contribution is -2.42. The van der Waals surface area contributed by atoms with Crippen LogP contribution in [0.5, 0.6) is 0 Å². The fourth-order valence-electron chi connectivity index (χ4n) is 3.01. The molecule has 1 aromatic heterocycles. The molecule has 0 radical (unpaired) electrons. The lowest BCUT2D eigenvalue weighted by Gasteiger charge is -2.30. The highest BCUT2D eigenvalue weighted by atomic mass is 16.4. The summed E-state index contributed by atoms with van der Waals surface area (Å²) in [6, 6.07) is 5.91. The fourth-order valence-corrected chi connectivity index (χ4v) is 3.01. The third kappa shape index (κ3) is 2.84. The van der Waals surface area contributed by atoms with E-state index in [4.69, 9.17) is 9.52 Å². The van der Waals surface area contributed by atoms with E-state index in [-0.39, 0.29) is 12.3 Å². The molecule has 0 bridgehead atoms. The van der Waals surface area contributed by atoms with Gasteiger partial charge in [-0.3, -0.25) is 9.59 Å². The van der Waals surface area contributed by atoms with Crippen LogP contribution in [-0.2, 0) is 16.0 Å². The first kappa shape index (κ1) is 14.6. The van der Waals surface area contributed by atoms with Crippen molar-refractivity contribution in [3.05, 3.63) is 35.6 Å². The number of rotatable bonds is 3. The van der Waals surface area contributed by atoms with Crippen molar-refractivity contribution in [1.29, 1.82) is 0 Å². The number of carboxylic acid groups (broad SMARTS) is 1. The molecule has 5 nitrogen and oxygen atoms in total. The highest BCUT2D eigenvalue weighted by molar-refractivity contribution is 5.88. The largest absolute Gasteiger partial charge is 0.481 e. The van der Waals surface area contributed by atoms with Gasteiger partial charge < -0.3 is 14.4 Å². The Hall–Kier alpha value is -2.30. The molecule has 116 valence electrons. The van der Waals surface area contributed by atoms with Crippen molar-refractivity contribution in [2.45, 2.75) is 26.2 Å². The topological polar surface area (TPSA) is 70.8 Å². The van der Waals surface area contributed by atoms with E-state index in [2.05, 4.69) is 0 Å². The van der Waals surface area contributed by atoms with E-state index in [1.54, 1.807) is 11.2 Å². The lowest BCUT2D eigenvalue weighted by molar-refractivity contribution is -0.145. The van der Waals surface area contributed by atoms with Crippen LogP contribution < -0.4 is 0 Å². The normalized spacial score (nSPS) is 18.6. The van der Waals surface area contributed by atoms with Crippen molar-refractivity contribution >= 4 is 22.8 Å². The average Bonchev–Trinajstić information content (AvgIpc) is 2.89. The quantitative estimate of drug-likeness (QED) is 0.946. The van der Waals surface area contributed by atoms with Gasteiger partial charge in [-0.1, -0.05) is 12.1 Å². The van der Waals surface area contributed by atoms with E-state index in [0.29, 0.717) is 19.5 Å². The fraction of sp³-hybridized carbons (Fsp3) is 0.412. The maximum Gasteiger partial charge on any atom is 0.308 e. The van der Waals surface area contributed by atoms with Crippen LogP contribution in [0.4, 0.5) is 0 Å². The summed E-state index contributed by atoms with van der Waals surface area (Å²) < 4.78 is 5.51. The van der Waals surface area contributed by atoms with Gasteiger partial charge in [-0.15, -0.1) is 0 Å². The van der Waals surface area contributed by atoms with E-state index in [0.717, 1.165) is 28.5 Å². The third-order valence-corrected chi connectivity index (χ3v) is 4.28. The van der Waals surface area contributed by atoms with Gasteiger partial charge in [0.1, 0.15) is 5.58 Å². The van der Waals surface area contributed by atoms with Crippen LogP contribution >= 0.6 is 0 Å². The number of carbonyl (C=O) groups is 2. The Morgan fingerprint density at radius 1 is 1.41 bits per heavy atom. The number of likely N-dealkylation sites (tertiary alicyclic amines) is 1. The minimum Gasteiger partial charge on any atom is -0.481 e. The Labute approximate surface area is 128 Å². The summed E-state index contributed by atoms with van der Waals surface area (Å²) >= 11 is 0. The van der Waals surface area contributed by atoms with Gasteiger partial charge in [0.05, 0.1) is 18.6 Å². The number of carbonyl (C=O) groups excluding carboxylic acids is 1. The van der Waals surface area contributed by atoms with Crippen molar-refractivity contribution < 1.29 is 19.1 Å². The summed E-state index contributed by atoms with van der Waals surface area (Å²) in [7, 11) is 0. The molecule has 1 N–H and O–H groups in total. The summed E-state index contributed by atoms with van der Waals surface area (Å²) in [5.74, 6) is -1.29. The van der Waals surface area contributed by atoms with E-state index in [1.165, 1.54) is 0 Å². The SMILES string of the molecule is Cc1ccc2c(CC(=O)N3CCC[C@H](C(=O)O)C3)coc2c1. The molecular formula is C17H19NO4. The number of furan rings is 1. The number of aryl methyl sites for hydroxylation is 1. The van der Waals surface area contributed by atoms with Crippen molar-refractivity contribution in [3.63, 3.8) is 0 Å². The zero-order valence-electron chi connectivity index (χ0n) is 12.5. The van der Waals surface area contributed by atoms with Crippen molar-refractivity contribution in [1.82, 2.24) is 4.90 Å². The number of fused-ring (bicyclic) bond motifs is 1. The molecule has 5 heteroatoms. The molecule has 0 aliphatic carbocycles. The molecule has 1 aliphatic heterocycles. The first-order valence-electron chi connectivity index (χ1n) is 7.52. The minimum atomic E-state index is -0.818. The lowest BCUT2D eigenvalue weighted by atomic mass is 9.97. The predicted molar refractivity (Wildman–Crippen MR) is 81.6 cm³/mol. The molecule has 1 atom stereocenters. The molecule has 1 aliphatic rings. The zero-order valence-corrected chi connectivity index (χ0v) is 12.5. The molecule has 1 aromatic carbocycles. The molecule has 1 fully saturated rings. The highest BCUT2D eigenvalue weighted by Gasteiger charge is 2.28. The van der Waals surface area contributed by atoms with Crippen LogP contribution in [0.25, 0.3) is 11.0 Å². The molecule has 3 rings (SSSR count). The summed E-state index contributed by atoms with van der Waals surface area (Å²) in [6.45, 7) is 2.94. The van der Waals surface area contributed by atoms with Crippen LogP contribution in [0.1, 0.15) is 24.0 Å². The second-order valence-corrected chi connectivity index (χ2v) is 5.95. The van der Waals surface area contributed by atoms with Gasteiger partial charge in [0.2, 0.25) is 5.91 Å². The molecule has 0 saturated carbocycles. The average molecular weight is 301 g/mol. The number of hydrogen-bond donors (Lipinski definition) is 1. The van der Waals surface area contributed by atoms with Crippen molar-refractivity contribution in [3.8, 4) is 0 Å². The maximum absolute atomic E-state index is 12.4. The second kappa shape index (κ2) is 5.83. The third-order valence-electron chi connectivity index (χ3n) is 4.28. The van der Waals surface area contributed by atoms with Crippen LogP contribution in [0.2, 0.25) is 0 Å². The molecule has 1 amide bonds. The summed E-state index contributed by atoms with van der Waals surface area (Å²) in [6.07, 6.45) is 3.27. The summed E-state index contributed by atoms with van der Waals surface area (Å²) in [4.78, 5) is 25.2. The highest BCUT2D eigenvalue weighted by Crippen LogP contribution is 2.24. The zero-order chi connectivity index (χ0) is 15.7. The number of aliphatic carboxylic acids is 1. The second-order valence-electron chi connectivity index (χ2n) is 5.95. The van der Waals surface area contributed by atoms with Crippen LogP contribution in [-0.4, -0.2) is 35.0 Å². The van der Waals surface area contributed by atoms with Crippen LogP contribution in [0.15, 0.2) is 28.9 Å². The number of carboxylic acids is 1. The molecule has 22 heavy (non-hydrogen) atoms. The number of nitrogens with zero attached hydrogens (tertiary/aromatic N) is 1. The van der Waals surface area contributed by atoms with E-state index in [9.17, 15) is 9.59 Å². The van der Waals surface area contributed by atoms with Crippen LogP contribution in [0, 0.1) is 12.8 Å². The first-order valence-corrected chi connectivity index (χ1v) is 7.52. The minimum absolute atomic E-state index is 0.0331. The Kier molecular flexibility index (Phi) is 3.88. The number of benzene rings is 1. The van der Waals surface area contributed by atoms with E-state index in [1.807, 2.05) is 25.1 Å². The summed E-state index contributed by atoms with van der Waals surface area (Å²) in [5.41, 5.74) is 2.75. The molecule has 0 unspecified atom stereocenters. The van der Waals surface area contributed by atoms with E-state index < -0.39 is 11.9 Å². The number of piperidine rings is 1. The Bertz CT molecular complexity index is 719. The van der Waals surface area contributed by atoms with Gasteiger partial charge in [0.25, 0.3) is 0 Å². The van der Waals surface area contributed by atoms with Crippen molar-refractivity contribution in [2.75, 3.05) is 13.1 Å². The monoisotopic (exact) mass is 301 g/mol. The first-order chi connectivity index (χ1) is 10.5. The maximum atomic E-state index is 12.4. The summed E-state index contributed by atoms with van der Waals surface area (Å²) in [5, 5.41) is 10.1. The Morgan fingerprint density at radius 2 is 2.23 bits per heavy atom. The molecule has 0 spiro atoms. The molecule has 1 saturated heterocycles. The van der Waals surface area contributed by atoms with Gasteiger partial charge in [-0.05, 0) is 31.4 Å². The van der Waals surface area contributed by atoms with Crippen molar-refractivity contribution in [2.24, 2.45) is 5.92 Å². The molecule has 2 heterocycles. The molecular weight excluding hydrogens is 282 g/mol. The number of hydrogen-bond acceptors (Lipinski definition) is 3.